The Morgan fingerprint density at radius 3 is 2.68 bits per heavy atom. The second-order valence-corrected chi connectivity index (χ2v) is 7.49. The molecule has 1 aromatic carbocycles. The van der Waals surface area contributed by atoms with E-state index in [1.807, 2.05) is 38.1 Å². The molecule has 0 bridgehead atoms. The fourth-order valence-electron chi connectivity index (χ4n) is 2.76. The average molecular weight is 400 g/mol. The molecule has 8 heteroatoms. The number of para-hydroxylation sites is 1. The van der Waals surface area contributed by atoms with Crippen LogP contribution in [0.2, 0.25) is 0 Å². The van der Waals surface area contributed by atoms with Gasteiger partial charge in [-0.3, -0.25) is 9.59 Å². The number of nitrogens with zero attached hydrogens (tertiary/aromatic N) is 2. The first-order chi connectivity index (χ1) is 13.4. The minimum Gasteiger partial charge on any atom is -0.464 e. The molecule has 0 aliphatic heterocycles. The second kappa shape index (κ2) is 8.35. The van der Waals surface area contributed by atoms with Crippen molar-refractivity contribution < 1.29 is 23.9 Å². The minimum atomic E-state index is -0.588. The number of carbonyl (C=O) groups excluding carboxylic acids is 3. The molecule has 2 aromatic heterocycles. The lowest BCUT2D eigenvalue weighted by molar-refractivity contribution is -0.148. The van der Waals surface area contributed by atoms with Crippen molar-refractivity contribution in [2.45, 2.75) is 27.0 Å². The number of aromatic nitrogens is 2. The van der Waals surface area contributed by atoms with E-state index in [1.54, 1.807) is 10.8 Å². The number of rotatable bonds is 7. The first kappa shape index (κ1) is 19.8. The molecule has 0 unspecified atom stereocenters. The summed E-state index contributed by atoms with van der Waals surface area (Å²) >= 11 is 1.08. The standard InChI is InChI=1S/C20H20N2O5S/c1-12(2)8-17(23)27-11-22-9-14(13-6-4-5-7-16(13)22)18(24)19-21-15(10-28-19)20(25)26-3/h4-7,9-10,12H,8,11H2,1-3H3. The molecule has 0 spiro atoms. The Hall–Kier alpha value is -3.00. The van der Waals surface area contributed by atoms with E-state index in [1.165, 1.54) is 12.5 Å². The molecular formula is C20H20N2O5S. The summed E-state index contributed by atoms with van der Waals surface area (Å²) in [4.78, 5) is 40.5. The molecule has 3 aromatic rings. The van der Waals surface area contributed by atoms with Gasteiger partial charge in [0, 0.05) is 23.4 Å². The SMILES string of the molecule is COC(=O)c1csc(C(=O)c2cn(COC(=O)CC(C)C)c3ccccc23)n1. The zero-order valence-electron chi connectivity index (χ0n) is 15.8. The van der Waals surface area contributed by atoms with E-state index >= 15 is 0 Å². The third-order valence-corrected chi connectivity index (χ3v) is 4.91. The predicted octanol–water partition coefficient (Wildman–Crippen LogP) is 3.66. The fourth-order valence-corrected chi connectivity index (χ4v) is 3.50. The monoisotopic (exact) mass is 400 g/mol. The van der Waals surface area contributed by atoms with Crippen molar-refractivity contribution in [2.75, 3.05) is 7.11 Å². The highest BCUT2D eigenvalue weighted by Gasteiger charge is 2.21. The summed E-state index contributed by atoms with van der Waals surface area (Å²) in [6, 6.07) is 7.35. The first-order valence-corrected chi connectivity index (χ1v) is 9.60. The number of methoxy groups -OCH3 is 1. The maximum atomic E-state index is 13.0. The van der Waals surface area contributed by atoms with Crippen LogP contribution in [0.3, 0.4) is 0 Å². The molecule has 0 amide bonds. The van der Waals surface area contributed by atoms with Gasteiger partial charge in [0.1, 0.15) is 0 Å². The Morgan fingerprint density at radius 1 is 1.21 bits per heavy atom. The van der Waals surface area contributed by atoms with Crippen molar-refractivity contribution in [3.8, 4) is 0 Å². The number of esters is 2. The number of ether oxygens (including phenoxy) is 2. The van der Waals surface area contributed by atoms with Crippen molar-refractivity contribution in [2.24, 2.45) is 5.92 Å². The van der Waals surface area contributed by atoms with E-state index in [0.717, 1.165) is 22.2 Å². The first-order valence-electron chi connectivity index (χ1n) is 8.72. The topological polar surface area (TPSA) is 87.5 Å². The highest BCUT2D eigenvalue weighted by atomic mass is 32.1. The van der Waals surface area contributed by atoms with Gasteiger partial charge in [-0.05, 0) is 12.0 Å². The molecule has 0 N–H and O–H groups in total. The lowest BCUT2D eigenvalue weighted by Crippen LogP contribution is -2.11. The smallest absolute Gasteiger partial charge is 0.357 e. The fraction of sp³-hybridized carbons (Fsp3) is 0.300. The number of hydrogen-bond donors (Lipinski definition) is 0. The number of hydrogen-bond acceptors (Lipinski definition) is 7. The van der Waals surface area contributed by atoms with Crippen molar-refractivity contribution in [1.29, 1.82) is 0 Å². The molecule has 146 valence electrons. The van der Waals surface area contributed by atoms with E-state index in [9.17, 15) is 14.4 Å². The normalized spacial score (nSPS) is 11.0. The highest BCUT2D eigenvalue weighted by molar-refractivity contribution is 7.12. The Labute approximate surface area is 165 Å². The number of fused-ring (bicyclic) bond motifs is 1. The van der Waals surface area contributed by atoms with Crippen LogP contribution in [0.1, 0.15) is 46.1 Å². The van der Waals surface area contributed by atoms with Crippen molar-refractivity contribution in [3.05, 3.63) is 52.1 Å². The van der Waals surface area contributed by atoms with Crippen LogP contribution in [0.15, 0.2) is 35.8 Å². The third-order valence-electron chi connectivity index (χ3n) is 4.07. The molecule has 0 saturated heterocycles. The third kappa shape index (κ3) is 4.12. The Kier molecular flexibility index (Phi) is 5.89. The van der Waals surface area contributed by atoms with Crippen LogP contribution in [-0.2, 0) is 21.0 Å². The Morgan fingerprint density at radius 2 is 1.96 bits per heavy atom. The molecule has 0 radical (unpaired) electrons. The largest absolute Gasteiger partial charge is 0.464 e. The van der Waals surface area contributed by atoms with E-state index in [0.29, 0.717) is 12.0 Å². The second-order valence-electron chi connectivity index (χ2n) is 6.63. The summed E-state index contributed by atoms with van der Waals surface area (Å²) in [5.74, 6) is -0.971. The van der Waals surface area contributed by atoms with Crippen LogP contribution in [0.25, 0.3) is 10.9 Å². The predicted molar refractivity (Wildman–Crippen MR) is 104 cm³/mol. The van der Waals surface area contributed by atoms with Gasteiger partial charge in [0.15, 0.2) is 17.4 Å². The van der Waals surface area contributed by atoms with Crippen LogP contribution < -0.4 is 0 Å². The van der Waals surface area contributed by atoms with Gasteiger partial charge in [-0.2, -0.15) is 0 Å². The van der Waals surface area contributed by atoms with Gasteiger partial charge in [0.05, 0.1) is 18.2 Å². The van der Waals surface area contributed by atoms with Crippen molar-refractivity contribution in [1.82, 2.24) is 9.55 Å². The summed E-state index contributed by atoms with van der Waals surface area (Å²) in [7, 11) is 1.26. The van der Waals surface area contributed by atoms with Gasteiger partial charge < -0.3 is 14.0 Å². The Balaban J connectivity index is 1.89. The summed E-state index contributed by atoms with van der Waals surface area (Å²) in [5.41, 5.74) is 1.30. The molecule has 0 saturated carbocycles. The van der Waals surface area contributed by atoms with Gasteiger partial charge in [0.25, 0.3) is 0 Å². The minimum absolute atomic E-state index is 0.0185. The molecule has 0 fully saturated rings. The molecule has 0 aliphatic rings. The summed E-state index contributed by atoms with van der Waals surface area (Å²) in [5, 5.41) is 2.41. The van der Waals surface area contributed by atoms with Gasteiger partial charge in [-0.25, -0.2) is 9.78 Å². The van der Waals surface area contributed by atoms with E-state index in [2.05, 4.69) is 9.72 Å². The zero-order valence-corrected chi connectivity index (χ0v) is 16.6. The molecule has 2 heterocycles. The van der Waals surface area contributed by atoms with Crippen LogP contribution >= 0.6 is 11.3 Å². The highest BCUT2D eigenvalue weighted by Crippen LogP contribution is 2.25. The molecule has 0 atom stereocenters. The maximum absolute atomic E-state index is 13.0. The van der Waals surface area contributed by atoms with Crippen LogP contribution in [0.5, 0.6) is 0 Å². The molecule has 28 heavy (non-hydrogen) atoms. The van der Waals surface area contributed by atoms with E-state index < -0.39 is 5.97 Å². The lowest BCUT2D eigenvalue weighted by atomic mass is 10.1. The number of ketones is 1. The maximum Gasteiger partial charge on any atom is 0.357 e. The summed E-state index contributed by atoms with van der Waals surface area (Å²) in [6.07, 6.45) is 1.98. The summed E-state index contributed by atoms with van der Waals surface area (Å²) < 4.78 is 11.7. The van der Waals surface area contributed by atoms with E-state index in [4.69, 9.17) is 4.74 Å². The van der Waals surface area contributed by atoms with Crippen LogP contribution in [0, 0.1) is 5.92 Å². The van der Waals surface area contributed by atoms with Crippen molar-refractivity contribution >= 4 is 40.0 Å². The van der Waals surface area contributed by atoms with Crippen molar-refractivity contribution in [3.63, 3.8) is 0 Å². The molecular weight excluding hydrogens is 380 g/mol. The van der Waals surface area contributed by atoms with Crippen LogP contribution in [0.4, 0.5) is 0 Å². The van der Waals surface area contributed by atoms with Gasteiger partial charge in [-0.1, -0.05) is 32.0 Å². The van der Waals surface area contributed by atoms with Gasteiger partial charge in [0.2, 0.25) is 5.78 Å². The average Bonchev–Trinajstić information content (AvgIpc) is 3.30. The molecule has 7 nitrogen and oxygen atoms in total. The number of benzene rings is 1. The number of carbonyl (C=O) groups is 3. The van der Waals surface area contributed by atoms with Gasteiger partial charge in [-0.15, -0.1) is 11.3 Å². The number of thiazole rings is 1. The summed E-state index contributed by atoms with van der Waals surface area (Å²) in [6.45, 7) is 3.91. The van der Waals surface area contributed by atoms with Gasteiger partial charge >= 0.3 is 11.9 Å². The van der Waals surface area contributed by atoms with Crippen LogP contribution in [-0.4, -0.2) is 34.4 Å². The lowest BCUT2D eigenvalue weighted by Gasteiger charge is -2.08. The molecule has 0 aliphatic carbocycles. The Bertz CT molecular complexity index is 1030. The van der Waals surface area contributed by atoms with E-state index in [-0.39, 0.29) is 35.1 Å². The zero-order chi connectivity index (χ0) is 20.3. The molecule has 3 rings (SSSR count). The quantitative estimate of drug-likeness (QED) is 0.444.